The van der Waals surface area contributed by atoms with E-state index in [1.54, 1.807) is 53.2 Å². The zero-order valence-electron chi connectivity index (χ0n) is 15.6. The molecule has 0 radical (unpaired) electrons. The van der Waals surface area contributed by atoms with E-state index in [1.807, 2.05) is 12.1 Å². The molecule has 1 N–H and O–H groups in total. The van der Waals surface area contributed by atoms with E-state index >= 15 is 0 Å². The first-order valence-electron chi connectivity index (χ1n) is 9.04. The third-order valence-electron chi connectivity index (χ3n) is 4.45. The van der Waals surface area contributed by atoms with Crippen LogP contribution in [0.1, 0.15) is 20.3 Å². The first kappa shape index (κ1) is 19.2. The van der Waals surface area contributed by atoms with Crippen LogP contribution in [0.2, 0.25) is 0 Å². The second-order valence-corrected chi connectivity index (χ2v) is 8.91. The Kier molecular flexibility index (Phi) is 5.65. The Hall–Kier alpha value is -2.60. The predicted octanol–water partition coefficient (Wildman–Crippen LogP) is 3.64. The lowest BCUT2D eigenvalue weighted by molar-refractivity contribution is -0.121. The number of nitrogens with zero attached hydrogens (tertiary/aromatic N) is 1. The molecule has 0 aliphatic carbocycles. The Labute approximate surface area is 159 Å². The first-order valence-corrected chi connectivity index (χ1v) is 10.5. The van der Waals surface area contributed by atoms with Crippen LogP contribution in [0.3, 0.4) is 0 Å². The van der Waals surface area contributed by atoms with E-state index in [-0.39, 0.29) is 22.2 Å². The summed E-state index contributed by atoms with van der Waals surface area (Å²) in [5.74, 6) is 0.389. The van der Waals surface area contributed by atoms with Gasteiger partial charge < -0.3 is 9.88 Å². The highest BCUT2D eigenvalue weighted by molar-refractivity contribution is 7.91. The fourth-order valence-corrected chi connectivity index (χ4v) is 4.49. The normalized spacial score (nSPS) is 11.8. The summed E-state index contributed by atoms with van der Waals surface area (Å²) in [6.07, 6.45) is 2.47. The van der Waals surface area contributed by atoms with Gasteiger partial charge in [-0.15, -0.1) is 0 Å². The van der Waals surface area contributed by atoms with E-state index < -0.39 is 9.84 Å². The minimum Gasteiger partial charge on any atom is -0.355 e. The molecule has 0 aliphatic heterocycles. The van der Waals surface area contributed by atoms with Gasteiger partial charge in [0.25, 0.3) is 0 Å². The molecule has 2 aromatic carbocycles. The van der Waals surface area contributed by atoms with Crippen molar-refractivity contribution in [1.82, 2.24) is 9.88 Å². The number of rotatable bonds is 7. The lowest BCUT2D eigenvalue weighted by Gasteiger charge is -2.08. The fourth-order valence-electron chi connectivity index (χ4n) is 3.00. The Morgan fingerprint density at radius 1 is 1.04 bits per heavy atom. The van der Waals surface area contributed by atoms with E-state index in [0.29, 0.717) is 17.8 Å². The zero-order valence-corrected chi connectivity index (χ0v) is 16.4. The molecule has 5 nitrogen and oxygen atoms in total. The van der Waals surface area contributed by atoms with E-state index in [9.17, 15) is 13.2 Å². The molecule has 3 rings (SSSR count). The van der Waals surface area contributed by atoms with Gasteiger partial charge in [0, 0.05) is 23.6 Å². The minimum atomic E-state index is -3.66. The van der Waals surface area contributed by atoms with Crippen molar-refractivity contribution in [1.29, 1.82) is 0 Å². The van der Waals surface area contributed by atoms with Gasteiger partial charge in [0.2, 0.25) is 15.7 Å². The molecule has 0 bridgehead atoms. The van der Waals surface area contributed by atoms with Crippen LogP contribution in [0, 0.1) is 5.92 Å². The summed E-state index contributed by atoms with van der Waals surface area (Å²) in [5, 5.41) is 3.52. The number of carbonyl (C=O) groups excluding carboxylic acids is 1. The molecule has 6 heteroatoms. The van der Waals surface area contributed by atoms with E-state index in [4.69, 9.17) is 0 Å². The highest BCUT2D eigenvalue weighted by Gasteiger charge is 2.23. The van der Waals surface area contributed by atoms with Crippen molar-refractivity contribution in [3.8, 4) is 0 Å². The third kappa shape index (κ3) is 4.22. The SMILES string of the molecule is CC(C)CCNC(=O)Cn1cc(S(=O)(=O)c2ccccc2)c2ccccc21. The zero-order chi connectivity index (χ0) is 19.4. The molecular formula is C21H24N2O3S. The molecule has 1 aromatic heterocycles. The maximum absolute atomic E-state index is 13.1. The number of fused-ring (bicyclic) bond motifs is 1. The molecule has 0 saturated carbocycles. The van der Waals surface area contributed by atoms with Gasteiger partial charge in [0.1, 0.15) is 6.54 Å². The number of nitrogens with one attached hydrogen (secondary N) is 1. The average Bonchev–Trinajstić information content (AvgIpc) is 3.01. The van der Waals surface area contributed by atoms with Gasteiger partial charge in [-0.3, -0.25) is 4.79 Å². The van der Waals surface area contributed by atoms with Gasteiger partial charge in [-0.05, 0) is 30.5 Å². The molecule has 1 amide bonds. The highest BCUT2D eigenvalue weighted by atomic mass is 32.2. The van der Waals surface area contributed by atoms with Gasteiger partial charge in [-0.25, -0.2) is 8.42 Å². The van der Waals surface area contributed by atoms with Crippen LogP contribution in [0.5, 0.6) is 0 Å². The van der Waals surface area contributed by atoms with Crippen molar-refractivity contribution in [2.75, 3.05) is 6.54 Å². The highest BCUT2D eigenvalue weighted by Crippen LogP contribution is 2.30. The summed E-state index contributed by atoms with van der Waals surface area (Å²) >= 11 is 0. The third-order valence-corrected chi connectivity index (χ3v) is 6.25. The Bertz CT molecular complexity index is 1040. The number of sulfone groups is 1. The van der Waals surface area contributed by atoms with Gasteiger partial charge in [0.15, 0.2) is 0 Å². The second-order valence-electron chi connectivity index (χ2n) is 6.99. The Morgan fingerprint density at radius 3 is 2.41 bits per heavy atom. The number of carbonyl (C=O) groups is 1. The maximum atomic E-state index is 13.1. The topological polar surface area (TPSA) is 68.2 Å². The quantitative estimate of drug-likeness (QED) is 0.676. The number of aromatic nitrogens is 1. The van der Waals surface area contributed by atoms with Crippen molar-refractivity contribution in [3.63, 3.8) is 0 Å². The van der Waals surface area contributed by atoms with E-state index in [2.05, 4.69) is 19.2 Å². The van der Waals surface area contributed by atoms with Crippen LogP contribution in [0.25, 0.3) is 10.9 Å². The van der Waals surface area contributed by atoms with E-state index in [1.165, 1.54) is 0 Å². The molecule has 0 aliphatic rings. The van der Waals surface area contributed by atoms with E-state index in [0.717, 1.165) is 11.9 Å². The molecule has 3 aromatic rings. The Morgan fingerprint density at radius 2 is 1.70 bits per heavy atom. The van der Waals surface area contributed by atoms with Crippen LogP contribution in [-0.2, 0) is 21.2 Å². The van der Waals surface area contributed by atoms with Gasteiger partial charge in [0.05, 0.1) is 9.79 Å². The molecule has 27 heavy (non-hydrogen) atoms. The van der Waals surface area contributed by atoms with Crippen molar-refractivity contribution in [2.45, 2.75) is 36.6 Å². The largest absolute Gasteiger partial charge is 0.355 e. The van der Waals surface area contributed by atoms with Crippen LogP contribution in [0.15, 0.2) is 70.6 Å². The van der Waals surface area contributed by atoms with Crippen LogP contribution >= 0.6 is 0 Å². The summed E-state index contributed by atoms with van der Waals surface area (Å²) in [5.41, 5.74) is 0.728. The summed E-state index contributed by atoms with van der Waals surface area (Å²) in [4.78, 5) is 12.8. The summed E-state index contributed by atoms with van der Waals surface area (Å²) in [6, 6.07) is 15.6. The standard InChI is InChI=1S/C21H24N2O3S/c1-16(2)12-13-22-21(24)15-23-14-20(18-10-6-7-11-19(18)23)27(25,26)17-8-4-3-5-9-17/h3-11,14,16H,12-13,15H2,1-2H3,(H,22,24). The van der Waals surface area contributed by atoms with Crippen molar-refractivity contribution >= 4 is 26.6 Å². The predicted molar refractivity (Wildman–Crippen MR) is 106 cm³/mol. The first-order chi connectivity index (χ1) is 12.9. The lowest BCUT2D eigenvalue weighted by atomic mass is 10.1. The monoisotopic (exact) mass is 384 g/mol. The molecule has 1 heterocycles. The summed E-state index contributed by atoms with van der Waals surface area (Å²) in [6.45, 7) is 4.91. The minimum absolute atomic E-state index is 0.0862. The average molecular weight is 385 g/mol. The van der Waals surface area contributed by atoms with Gasteiger partial charge in [-0.2, -0.15) is 0 Å². The lowest BCUT2D eigenvalue weighted by Crippen LogP contribution is -2.28. The number of para-hydroxylation sites is 1. The molecule has 0 atom stereocenters. The molecule has 0 fully saturated rings. The summed E-state index contributed by atoms with van der Waals surface area (Å²) < 4.78 is 27.9. The number of hydrogen-bond donors (Lipinski definition) is 1. The number of hydrogen-bond acceptors (Lipinski definition) is 3. The molecule has 0 saturated heterocycles. The number of benzene rings is 2. The maximum Gasteiger partial charge on any atom is 0.239 e. The summed E-state index contributed by atoms with van der Waals surface area (Å²) in [7, 11) is -3.66. The van der Waals surface area contributed by atoms with Crippen molar-refractivity contribution in [2.24, 2.45) is 5.92 Å². The number of amides is 1. The van der Waals surface area contributed by atoms with Crippen molar-refractivity contribution in [3.05, 3.63) is 60.8 Å². The van der Waals surface area contributed by atoms with Crippen LogP contribution < -0.4 is 5.32 Å². The van der Waals surface area contributed by atoms with Crippen LogP contribution in [0.4, 0.5) is 0 Å². The second kappa shape index (κ2) is 7.96. The van der Waals surface area contributed by atoms with Crippen LogP contribution in [-0.4, -0.2) is 25.4 Å². The van der Waals surface area contributed by atoms with Gasteiger partial charge in [-0.1, -0.05) is 50.2 Å². The molecule has 0 unspecified atom stereocenters. The van der Waals surface area contributed by atoms with Crippen molar-refractivity contribution < 1.29 is 13.2 Å². The molecule has 0 spiro atoms. The molecular weight excluding hydrogens is 360 g/mol. The molecule has 142 valence electrons. The van der Waals surface area contributed by atoms with Gasteiger partial charge >= 0.3 is 0 Å². The fraction of sp³-hybridized carbons (Fsp3) is 0.286. The Balaban J connectivity index is 1.94. The smallest absolute Gasteiger partial charge is 0.239 e.